The summed E-state index contributed by atoms with van der Waals surface area (Å²) < 4.78 is 8.63. The second kappa shape index (κ2) is 4.19. The molecule has 1 heterocycles. The molecule has 1 saturated heterocycles. The van der Waals surface area contributed by atoms with E-state index in [0.717, 1.165) is 6.92 Å². The van der Waals surface area contributed by atoms with Crippen LogP contribution in [0.4, 0.5) is 0 Å². The lowest BCUT2D eigenvalue weighted by Crippen LogP contribution is -2.17. The van der Waals surface area contributed by atoms with Gasteiger partial charge in [0.1, 0.15) is 0 Å². The van der Waals surface area contributed by atoms with E-state index in [0.29, 0.717) is 0 Å². The minimum atomic E-state index is -1.15. The first-order valence-corrected chi connectivity index (χ1v) is 4.09. The molecule has 1 rings (SSSR count). The van der Waals surface area contributed by atoms with E-state index in [4.69, 9.17) is 5.11 Å². The Labute approximate surface area is 79.8 Å². The van der Waals surface area contributed by atoms with E-state index >= 15 is 0 Å². The highest BCUT2D eigenvalue weighted by molar-refractivity contribution is 5.87. The van der Waals surface area contributed by atoms with Gasteiger partial charge in [-0.2, -0.15) is 0 Å². The van der Waals surface area contributed by atoms with Crippen LogP contribution in [0.2, 0.25) is 0 Å². The number of aliphatic hydroxyl groups excluding tert-OH is 1. The summed E-state index contributed by atoms with van der Waals surface area (Å²) in [5.41, 5.74) is 0. The molecule has 1 fully saturated rings. The predicted octanol–water partition coefficient (Wildman–Crippen LogP) is -0.652. The zero-order chi connectivity index (χ0) is 10.7. The van der Waals surface area contributed by atoms with Gasteiger partial charge in [-0.05, 0) is 0 Å². The summed E-state index contributed by atoms with van der Waals surface area (Å²) in [6.45, 7) is 1.10. The van der Waals surface area contributed by atoms with E-state index in [2.05, 4.69) is 9.47 Å². The third kappa shape index (κ3) is 2.81. The number of aliphatic hydroxyl groups is 1. The fraction of sp³-hybridized carbons (Fsp3) is 0.625. The van der Waals surface area contributed by atoms with Gasteiger partial charge in [-0.25, -0.2) is 0 Å². The Kier molecular flexibility index (Phi) is 3.19. The van der Waals surface area contributed by atoms with Crippen molar-refractivity contribution in [3.8, 4) is 0 Å². The Morgan fingerprint density at radius 1 is 1.64 bits per heavy atom. The molecular formula is C8H10O6. The fourth-order valence-corrected chi connectivity index (χ4v) is 1.19. The Morgan fingerprint density at radius 2 is 2.29 bits per heavy atom. The Morgan fingerprint density at radius 3 is 2.71 bits per heavy atom. The largest absolute Gasteiger partial charge is 0.436 e. The number of esters is 3. The minimum absolute atomic E-state index is 0.0613. The van der Waals surface area contributed by atoms with Crippen LogP contribution >= 0.6 is 0 Å². The van der Waals surface area contributed by atoms with E-state index in [1.807, 2.05) is 0 Å². The molecule has 1 aliphatic heterocycles. The topological polar surface area (TPSA) is 89.9 Å². The summed E-state index contributed by atoms with van der Waals surface area (Å²) in [5.74, 6) is -2.86. The van der Waals surface area contributed by atoms with Crippen molar-refractivity contribution in [3.05, 3.63) is 0 Å². The van der Waals surface area contributed by atoms with Crippen molar-refractivity contribution in [2.45, 2.75) is 26.1 Å². The van der Waals surface area contributed by atoms with Crippen LogP contribution in [0, 0.1) is 5.92 Å². The van der Waals surface area contributed by atoms with E-state index in [1.54, 1.807) is 0 Å². The van der Waals surface area contributed by atoms with Crippen LogP contribution in [0.1, 0.15) is 19.8 Å². The van der Waals surface area contributed by atoms with Gasteiger partial charge in [0.15, 0.2) is 0 Å². The normalized spacial score (nSPS) is 25.7. The molecule has 0 radical (unpaired) electrons. The summed E-state index contributed by atoms with van der Waals surface area (Å²) in [6, 6.07) is 0. The molecule has 0 bridgehead atoms. The third-order valence-corrected chi connectivity index (χ3v) is 1.74. The maximum Gasteiger partial charge on any atom is 0.314 e. The maximum absolute atomic E-state index is 10.9. The number of cyclic esters (lactones) is 1. The van der Waals surface area contributed by atoms with Crippen LogP contribution in [0.5, 0.6) is 0 Å². The lowest BCUT2D eigenvalue weighted by atomic mass is 10.0. The Bertz CT molecular complexity index is 271. The average molecular weight is 202 g/mol. The zero-order valence-electron chi connectivity index (χ0n) is 7.56. The molecule has 0 aromatic heterocycles. The van der Waals surface area contributed by atoms with E-state index < -0.39 is 30.1 Å². The van der Waals surface area contributed by atoms with Crippen LogP contribution in [-0.4, -0.2) is 29.3 Å². The lowest BCUT2D eigenvalue weighted by molar-refractivity contribution is -0.162. The third-order valence-electron chi connectivity index (χ3n) is 1.74. The summed E-state index contributed by atoms with van der Waals surface area (Å²) in [6.07, 6.45) is -1.33. The molecule has 0 aromatic rings. The average Bonchev–Trinajstić information content (AvgIpc) is 2.28. The molecule has 14 heavy (non-hydrogen) atoms. The van der Waals surface area contributed by atoms with Crippen molar-refractivity contribution in [2.75, 3.05) is 0 Å². The maximum atomic E-state index is 10.9. The lowest BCUT2D eigenvalue weighted by Gasteiger charge is -2.02. The molecule has 0 aromatic carbocycles. The zero-order valence-corrected chi connectivity index (χ0v) is 7.56. The summed E-state index contributed by atoms with van der Waals surface area (Å²) in [5, 5.41) is 8.90. The number of carbonyl (C=O) groups is 3. The molecule has 1 aliphatic rings. The van der Waals surface area contributed by atoms with Crippen molar-refractivity contribution in [2.24, 2.45) is 5.92 Å². The highest BCUT2D eigenvalue weighted by Crippen LogP contribution is 2.22. The summed E-state index contributed by atoms with van der Waals surface area (Å²) >= 11 is 0. The van der Waals surface area contributed by atoms with Crippen LogP contribution < -0.4 is 0 Å². The second-order valence-electron chi connectivity index (χ2n) is 2.99. The van der Waals surface area contributed by atoms with Gasteiger partial charge in [0.2, 0.25) is 6.29 Å². The molecule has 0 amide bonds. The quantitative estimate of drug-likeness (QED) is 0.472. The number of hydrogen-bond acceptors (Lipinski definition) is 6. The van der Waals surface area contributed by atoms with Gasteiger partial charge >= 0.3 is 17.9 Å². The molecule has 78 valence electrons. The van der Waals surface area contributed by atoms with Crippen molar-refractivity contribution in [3.63, 3.8) is 0 Å². The Hall–Kier alpha value is -1.43. The SMILES string of the molecule is CC(=O)OC(=O)CC1CC(O)OC1=O. The smallest absolute Gasteiger partial charge is 0.314 e. The van der Waals surface area contributed by atoms with Crippen molar-refractivity contribution >= 4 is 17.9 Å². The highest BCUT2D eigenvalue weighted by Gasteiger charge is 2.35. The molecule has 2 atom stereocenters. The van der Waals surface area contributed by atoms with Crippen LogP contribution in [0.25, 0.3) is 0 Å². The van der Waals surface area contributed by atoms with Crippen LogP contribution in [0.15, 0.2) is 0 Å². The van der Waals surface area contributed by atoms with Gasteiger partial charge in [-0.1, -0.05) is 0 Å². The molecule has 1 N–H and O–H groups in total. The molecule has 0 aliphatic carbocycles. The van der Waals surface area contributed by atoms with E-state index in [1.165, 1.54) is 0 Å². The second-order valence-corrected chi connectivity index (χ2v) is 2.99. The first kappa shape index (κ1) is 10.6. The first-order valence-electron chi connectivity index (χ1n) is 4.09. The van der Waals surface area contributed by atoms with Crippen molar-refractivity contribution in [1.29, 1.82) is 0 Å². The predicted molar refractivity (Wildman–Crippen MR) is 41.6 cm³/mol. The van der Waals surface area contributed by atoms with E-state index in [-0.39, 0.29) is 12.8 Å². The minimum Gasteiger partial charge on any atom is -0.436 e. The standard InChI is InChI=1S/C8H10O6/c1-4(9)13-6(10)2-5-3-7(11)14-8(5)12/h5,7,11H,2-3H2,1H3. The molecule has 0 saturated carbocycles. The summed E-state index contributed by atoms with van der Waals surface area (Å²) in [7, 11) is 0. The van der Waals surface area contributed by atoms with Crippen molar-refractivity contribution < 1.29 is 29.0 Å². The molecular weight excluding hydrogens is 192 g/mol. The number of hydrogen-bond donors (Lipinski definition) is 1. The Balaban J connectivity index is 2.41. The molecule has 2 unspecified atom stereocenters. The molecule has 6 heteroatoms. The van der Waals surface area contributed by atoms with Gasteiger partial charge in [-0.3, -0.25) is 14.4 Å². The van der Waals surface area contributed by atoms with Gasteiger partial charge in [0, 0.05) is 13.3 Å². The van der Waals surface area contributed by atoms with Crippen LogP contribution in [0.3, 0.4) is 0 Å². The van der Waals surface area contributed by atoms with Crippen LogP contribution in [-0.2, 0) is 23.9 Å². The van der Waals surface area contributed by atoms with Gasteiger partial charge in [0.25, 0.3) is 0 Å². The van der Waals surface area contributed by atoms with Gasteiger partial charge in [0.05, 0.1) is 12.3 Å². The first-order chi connectivity index (χ1) is 6.49. The molecule has 6 nitrogen and oxygen atoms in total. The fourth-order valence-electron chi connectivity index (χ4n) is 1.19. The van der Waals surface area contributed by atoms with Crippen molar-refractivity contribution in [1.82, 2.24) is 0 Å². The molecule has 0 spiro atoms. The van der Waals surface area contributed by atoms with Gasteiger partial charge in [-0.15, -0.1) is 0 Å². The van der Waals surface area contributed by atoms with E-state index in [9.17, 15) is 14.4 Å². The number of ether oxygens (including phenoxy) is 2. The summed E-state index contributed by atoms with van der Waals surface area (Å²) in [4.78, 5) is 32.2. The number of carbonyl (C=O) groups excluding carboxylic acids is 3. The number of rotatable bonds is 2. The van der Waals surface area contributed by atoms with Gasteiger partial charge < -0.3 is 14.6 Å². The highest BCUT2D eigenvalue weighted by atomic mass is 16.6. The monoisotopic (exact) mass is 202 g/mol.